The lowest BCUT2D eigenvalue weighted by Crippen LogP contribution is -2.35. The number of rotatable bonds is 14. The Bertz CT molecular complexity index is 1060. The van der Waals surface area contributed by atoms with Gasteiger partial charge in [-0.05, 0) is 62.7 Å². The molecule has 0 aliphatic heterocycles. The number of nitrogens with zero attached hydrogens (tertiary/aromatic N) is 3. The number of aryl methyl sites for hydroxylation is 1. The number of aliphatic hydroxyl groups excluding tert-OH is 1. The van der Waals surface area contributed by atoms with Crippen LogP contribution in [0.5, 0.6) is 11.6 Å². The number of aliphatic hydroxyl groups is 1. The second-order valence-corrected chi connectivity index (χ2v) is 8.61. The summed E-state index contributed by atoms with van der Waals surface area (Å²) >= 11 is 0. The lowest BCUT2D eigenvalue weighted by Gasteiger charge is -2.25. The first-order valence-electron chi connectivity index (χ1n) is 12.2. The average molecular weight is 488 g/mol. The van der Waals surface area contributed by atoms with Gasteiger partial charge in [0.25, 0.3) is 0 Å². The van der Waals surface area contributed by atoms with Crippen LogP contribution in [0.1, 0.15) is 44.4 Å². The van der Waals surface area contributed by atoms with E-state index in [1.165, 1.54) is 18.2 Å². The molecule has 8 heteroatoms. The molecule has 0 bridgehead atoms. The third-order valence-electron chi connectivity index (χ3n) is 5.59. The molecule has 0 amide bonds. The molecule has 0 saturated heterocycles. The number of para-hydroxylation sites is 1. The Morgan fingerprint density at radius 3 is 2.49 bits per heavy atom. The molecule has 0 aliphatic rings. The second kappa shape index (κ2) is 13.3. The van der Waals surface area contributed by atoms with Crippen LogP contribution in [0.25, 0.3) is 5.69 Å². The highest BCUT2D eigenvalue weighted by atomic mass is 19.1. The molecule has 3 aromatic rings. The summed E-state index contributed by atoms with van der Waals surface area (Å²) in [5, 5.41) is 15.2. The predicted octanol–water partition coefficient (Wildman–Crippen LogP) is 5.64. The molecule has 6 nitrogen and oxygen atoms in total. The summed E-state index contributed by atoms with van der Waals surface area (Å²) in [4.78, 5) is 2.11. The van der Waals surface area contributed by atoms with Gasteiger partial charge in [0.1, 0.15) is 5.82 Å². The van der Waals surface area contributed by atoms with Crippen LogP contribution in [0, 0.1) is 18.6 Å². The van der Waals surface area contributed by atoms with E-state index in [-0.39, 0.29) is 18.2 Å². The van der Waals surface area contributed by atoms with Gasteiger partial charge in [0, 0.05) is 19.7 Å². The second-order valence-electron chi connectivity index (χ2n) is 8.61. The highest BCUT2D eigenvalue weighted by Gasteiger charge is 2.23. The number of halogens is 2. The van der Waals surface area contributed by atoms with Crippen molar-refractivity contribution < 1.29 is 23.4 Å². The summed E-state index contributed by atoms with van der Waals surface area (Å²) in [5.74, 6) is -0.427. The van der Waals surface area contributed by atoms with Gasteiger partial charge < -0.3 is 14.6 Å². The van der Waals surface area contributed by atoms with Crippen molar-refractivity contribution in [1.82, 2.24) is 14.7 Å². The molecule has 0 spiro atoms. The van der Waals surface area contributed by atoms with E-state index >= 15 is 0 Å². The molecule has 1 N–H and O–H groups in total. The molecule has 2 aromatic carbocycles. The van der Waals surface area contributed by atoms with Crippen LogP contribution in [0.2, 0.25) is 0 Å². The van der Waals surface area contributed by atoms with Crippen molar-refractivity contribution in [2.45, 2.75) is 52.7 Å². The Morgan fingerprint density at radius 2 is 1.80 bits per heavy atom. The fraction of sp³-hybridized carbons (Fsp3) is 0.444. The quantitative estimate of drug-likeness (QED) is 0.298. The Labute approximate surface area is 206 Å². The van der Waals surface area contributed by atoms with Crippen molar-refractivity contribution in [3.8, 4) is 17.3 Å². The van der Waals surface area contributed by atoms with E-state index < -0.39 is 11.9 Å². The molecule has 1 atom stereocenters. The Balaban J connectivity index is 1.90. The minimum atomic E-state index is -0.637. The molecule has 0 radical (unpaired) electrons. The van der Waals surface area contributed by atoms with Gasteiger partial charge in [0.05, 0.1) is 29.7 Å². The molecule has 1 heterocycles. The molecular formula is C27H35F2N3O3. The first kappa shape index (κ1) is 26.8. The minimum Gasteiger partial charge on any atom is -0.435 e. The molecular weight excluding hydrogens is 452 g/mol. The standard InChI is InChI=1S/C27H35F2N3O3/c1-4-6-16-34-19-23(33)17-31(15-5-2)18-24-20(3)30-32(22-13-11-21(28)12-14-22)27(24)35-26-10-8-7-9-25(26)29/h7-14,23,33H,4-6,15-19H2,1-3H3. The largest absolute Gasteiger partial charge is 0.435 e. The Hall–Kier alpha value is -2.81. The van der Waals surface area contributed by atoms with Crippen LogP contribution >= 0.6 is 0 Å². The molecule has 0 fully saturated rings. The maximum absolute atomic E-state index is 14.5. The number of hydrogen-bond donors (Lipinski definition) is 1. The molecule has 3 rings (SSSR count). The lowest BCUT2D eigenvalue weighted by molar-refractivity contribution is 0.0143. The van der Waals surface area contributed by atoms with Gasteiger partial charge in [-0.3, -0.25) is 4.90 Å². The summed E-state index contributed by atoms with van der Waals surface area (Å²) in [6, 6.07) is 12.1. The normalized spacial score (nSPS) is 12.3. The monoisotopic (exact) mass is 487 g/mol. The number of aromatic nitrogens is 2. The zero-order valence-corrected chi connectivity index (χ0v) is 20.7. The van der Waals surface area contributed by atoms with E-state index in [1.807, 2.05) is 6.92 Å². The van der Waals surface area contributed by atoms with Crippen molar-refractivity contribution in [3.05, 3.63) is 71.4 Å². The summed E-state index contributed by atoms with van der Waals surface area (Å²) in [7, 11) is 0. The summed E-state index contributed by atoms with van der Waals surface area (Å²) in [5.41, 5.74) is 2.07. The molecule has 190 valence electrons. The third kappa shape index (κ3) is 7.59. The number of hydrogen-bond acceptors (Lipinski definition) is 5. The van der Waals surface area contributed by atoms with E-state index in [0.29, 0.717) is 37.0 Å². The molecule has 35 heavy (non-hydrogen) atoms. The van der Waals surface area contributed by atoms with Gasteiger partial charge in [-0.15, -0.1) is 0 Å². The molecule has 0 aliphatic carbocycles. The summed E-state index contributed by atoms with van der Waals surface area (Å²) in [6.07, 6.45) is 2.25. The van der Waals surface area contributed by atoms with Crippen molar-refractivity contribution >= 4 is 0 Å². The van der Waals surface area contributed by atoms with Crippen molar-refractivity contribution in [2.75, 3.05) is 26.3 Å². The van der Waals surface area contributed by atoms with Crippen LogP contribution in [0.4, 0.5) is 8.78 Å². The van der Waals surface area contributed by atoms with Gasteiger partial charge in [-0.1, -0.05) is 32.4 Å². The zero-order valence-electron chi connectivity index (χ0n) is 20.7. The first-order chi connectivity index (χ1) is 16.9. The van der Waals surface area contributed by atoms with E-state index in [1.54, 1.807) is 35.0 Å². The van der Waals surface area contributed by atoms with Gasteiger partial charge >= 0.3 is 0 Å². The minimum absolute atomic E-state index is 0.0726. The fourth-order valence-corrected chi connectivity index (χ4v) is 3.81. The van der Waals surface area contributed by atoms with Crippen LogP contribution in [0.15, 0.2) is 48.5 Å². The number of ether oxygens (including phenoxy) is 2. The third-order valence-corrected chi connectivity index (χ3v) is 5.59. The smallest absolute Gasteiger partial charge is 0.227 e. The van der Waals surface area contributed by atoms with Gasteiger partial charge in [-0.2, -0.15) is 5.10 Å². The number of unbranched alkanes of at least 4 members (excludes halogenated alkanes) is 1. The van der Waals surface area contributed by atoms with Crippen LogP contribution in [0.3, 0.4) is 0 Å². The van der Waals surface area contributed by atoms with Crippen molar-refractivity contribution in [2.24, 2.45) is 0 Å². The van der Waals surface area contributed by atoms with Crippen LogP contribution in [-0.2, 0) is 11.3 Å². The van der Waals surface area contributed by atoms with Gasteiger partial charge in [-0.25, -0.2) is 13.5 Å². The Morgan fingerprint density at radius 1 is 1.06 bits per heavy atom. The van der Waals surface area contributed by atoms with E-state index in [2.05, 4.69) is 23.8 Å². The SMILES string of the molecule is CCCCOCC(O)CN(CCC)Cc1c(C)nn(-c2ccc(F)cc2)c1Oc1ccccc1F. The topological polar surface area (TPSA) is 59.8 Å². The summed E-state index contributed by atoms with van der Waals surface area (Å²) in [6.45, 7) is 8.53. The van der Waals surface area contributed by atoms with Crippen molar-refractivity contribution in [1.29, 1.82) is 0 Å². The molecule has 1 aromatic heterocycles. The van der Waals surface area contributed by atoms with E-state index in [0.717, 1.165) is 31.4 Å². The highest BCUT2D eigenvalue weighted by Crippen LogP contribution is 2.33. The lowest BCUT2D eigenvalue weighted by atomic mass is 10.2. The first-order valence-corrected chi connectivity index (χ1v) is 12.2. The van der Waals surface area contributed by atoms with E-state index in [4.69, 9.17) is 9.47 Å². The average Bonchev–Trinajstić information content (AvgIpc) is 3.13. The maximum Gasteiger partial charge on any atom is 0.227 e. The maximum atomic E-state index is 14.5. The van der Waals surface area contributed by atoms with Crippen molar-refractivity contribution in [3.63, 3.8) is 0 Å². The predicted molar refractivity (Wildman–Crippen MR) is 132 cm³/mol. The highest BCUT2D eigenvalue weighted by molar-refractivity contribution is 5.43. The Kier molecular flexibility index (Phi) is 10.2. The van der Waals surface area contributed by atoms with Crippen LogP contribution in [-0.4, -0.2) is 52.2 Å². The zero-order chi connectivity index (χ0) is 25.2. The molecule has 0 saturated carbocycles. The summed E-state index contributed by atoms with van der Waals surface area (Å²) < 4.78 is 41.2. The van der Waals surface area contributed by atoms with E-state index in [9.17, 15) is 13.9 Å². The number of benzene rings is 2. The van der Waals surface area contributed by atoms with Gasteiger partial charge in [0.2, 0.25) is 5.88 Å². The fourth-order valence-electron chi connectivity index (χ4n) is 3.81. The van der Waals surface area contributed by atoms with Gasteiger partial charge in [0.15, 0.2) is 11.6 Å². The molecule has 1 unspecified atom stereocenters. The van der Waals surface area contributed by atoms with Crippen LogP contribution < -0.4 is 4.74 Å².